The van der Waals surface area contributed by atoms with E-state index in [1.807, 2.05) is 30.3 Å². The van der Waals surface area contributed by atoms with Crippen LogP contribution in [0.2, 0.25) is 0 Å². The highest BCUT2D eigenvalue weighted by atomic mass is 16.5. The van der Waals surface area contributed by atoms with Crippen molar-refractivity contribution < 1.29 is 9.84 Å². The van der Waals surface area contributed by atoms with Crippen LogP contribution >= 0.6 is 0 Å². The van der Waals surface area contributed by atoms with Crippen LogP contribution in [-0.2, 0) is 25.9 Å². The molecule has 0 atom stereocenters. The highest BCUT2D eigenvalue weighted by Gasteiger charge is 2.16. The lowest BCUT2D eigenvalue weighted by Gasteiger charge is -2.21. The Kier molecular flexibility index (Phi) is 6.00. The molecule has 0 heterocycles. The number of hydrogen-bond donors (Lipinski definition) is 3. The van der Waals surface area contributed by atoms with Crippen LogP contribution in [0.1, 0.15) is 35.1 Å². The van der Waals surface area contributed by atoms with Crippen LogP contribution in [0, 0.1) is 0 Å². The number of hydrogen-bond acceptors (Lipinski definition) is 3. The lowest BCUT2D eigenvalue weighted by Crippen LogP contribution is -2.36. The molecule has 3 rings (SSSR count). The number of aliphatic imine (C=N–C) groups is 1. The van der Waals surface area contributed by atoms with Gasteiger partial charge in [-0.25, -0.2) is 0 Å². The number of fused-ring (bicyclic) bond motifs is 1. The van der Waals surface area contributed by atoms with E-state index in [1.165, 1.54) is 24.0 Å². The Bertz CT molecular complexity index is 770. The van der Waals surface area contributed by atoms with E-state index in [9.17, 15) is 5.11 Å². The van der Waals surface area contributed by atoms with E-state index in [1.54, 1.807) is 14.2 Å². The molecular formula is C21H27N3O2. The third-order valence-corrected chi connectivity index (χ3v) is 4.90. The van der Waals surface area contributed by atoms with Crippen LogP contribution in [0.15, 0.2) is 41.4 Å². The zero-order valence-corrected chi connectivity index (χ0v) is 15.5. The third kappa shape index (κ3) is 4.28. The highest BCUT2D eigenvalue weighted by Crippen LogP contribution is 2.30. The van der Waals surface area contributed by atoms with Crippen molar-refractivity contribution in [3.63, 3.8) is 0 Å². The summed E-state index contributed by atoms with van der Waals surface area (Å²) < 4.78 is 5.18. The molecule has 0 amide bonds. The van der Waals surface area contributed by atoms with E-state index in [4.69, 9.17) is 4.74 Å². The zero-order valence-electron chi connectivity index (χ0n) is 15.5. The van der Waals surface area contributed by atoms with Crippen molar-refractivity contribution in [2.45, 2.75) is 38.8 Å². The van der Waals surface area contributed by atoms with Gasteiger partial charge in [-0.1, -0.05) is 18.2 Å². The maximum Gasteiger partial charge on any atom is 0.191 e. The van der Waals surface area contributed by atoms with Gasteiger partial charge in [-0.15, -0.1) is 0 Å². The molecule has 0 bridgehead atoms. The third-order valence-electron chi connectivity index (χ3n) is 4.90. The maximum atomic E-state index is 10.3. The first kappa shape index (κ1) is 18.1. The van der Waals surface area contributed by atoms with Crippen molar-refractivity contribution in [1.82, 2.24) is 10.6 Å². The first-order valence-corrected chi connectivity index (χ1v) is 9.11. The predicted octanol–water partition coefficient (Wildman–Crippen LogP) is 3.14. The van der Waals surface area contributed by atoms with Crippen molar-refractivity contribution in [1.29, 1.82) is 0 Å². The number of guanidine groups is 1. The highest BCUT2D eigenvalue weighted by molar-refractivity contribution is 5.79. The minimum Gasteiger partial charge on any atom is -0.508 e. The van der Waals surface area contributed by atoms with Crippen molar-refractivity contribution in [2.24, 2.45) is 4.99 Å². The summed E-state index contributed by atoms with van der Waals surface area (Å²) in [5.74, 6) is 1.93. The Morgan fingerprint density at radius 3 is 2.50 bits per heavy atom. The molecule has 26 heavy (non-hydrogen) atoms. The second-order valence-corrected chi connectivity index (χ2v) is 6.54. The number of nitrogens with one attached hydrogen (secondary N) is 2. The number of aromatic hydroxyl groups is 1. The monoisotopic (exact) mass is 353 g/mol. The van der Waals surface area contributed by atoms with Gasteiger partial charge in [0.1, 0.15) is 11.5 Å². The Balaban J connectivity index is 1.61. The van der Waals surface area contributed by atoms with Crippen LogP contribution < -0.4 is 15.4 Å². The van der Waals surface area contributed by atoms with Gasteiger partial charge in [0, 0.05) is 25.7 Å². The Labute approximate surface area is 155 Å². The minimum atomic E-state index is 0.365. The Morgan fingerprint density at radius 1 is 1.04 bits per heavy atom. The molecule has 138 valence electrons. The molecule has 0 aliphatic heterocycles. The van der Waals surface area contributed by atoms with Crippen LogP contribution in [0.5, 0.6) is 11.5 Å². The molecule has 2 aromatic carbocycles. The van der Waals surface area contributed by atoms with Crippen molar-refractivity contribution in [2.75, 3.05) is 14.2 Å². The molecule has 0 radical (unpaired) electrons. The lowest BCUT2D eigenvalue weighted by molar-refractivity contribution is 0.414. The van der Waals surface area contributed by atoms with Crippen molar-refractivity contribution in [3.8, 4) is 11.5 Å². The molecule has 1 aliphatic carbocycles. The van der Waals surface area contributed by atoms with Crippen LogP contribution in [0.3, 0.4) is 0 Å². The van der Waals surface area contributed by atoms with E-state index in [-0.39, 0.29) is 0 Å². The van der Waals surface area contributed by atoms with E-state index in [0.29, 0.717) is 24.8 Å². The number of methoxy groups -OCH3 is 1. The average Bonchev–Trinajstić information content (AvgIpc) is 2.69. The molecule has 0 aromatic heterocycles. The fourth-order valence-corrected chi connectivity index (χ4v) is 3.41. The Morgan fingerprint density at radius 2 is 1.77 bits per heavy atom. The van der Waals surface area contributed by atoms with Crippen LogP contribution in [0.25, 0.3) is 0 Å². The molecular weight excluding hydrogens is 326 g/mol. The molecule has 5 heteroatoms. The zero-order chi connectivity index (χ0) is 18.4. The molecule has 0 spiro atoms. The smallest absolute Gasteiger partial charge is 0.191 e. The SMILES string of the molecule is CN=C(NCc1ccc(OC)cc1)NCc1c(O)ccc2c1CCCC2. The average molecular weight is 353 g/mol. The maximum absolute atomic E-state index is 10.3. The van der Waals surface area contributed by atoms with Crippen LogP contribution in [-0.4, -0.2) is 25.2 Å². The lowest BCUT2D eigenvalue weighted by atomic mass is 9.88. The second kappa shape index (κ2) is 8.61. The van der Waals surface area contributed by atoms with Gasteiger partial charge in [0.15, 0.2) is 5.96 Å². The molecule has 5 nitrogen and oxygen atoms in total. The standard InChI is InChI=1S/C21H27N3O2/c1-22-21(23-13-15-7-10-17(26-2)11-8-15)24-14-19-18-6-4-3-5-16(18)9-12-20(19)25/h7-12,25H,3-6,13-14H2,1-2H3,(H2,22,23,24). The van der Waals surface area contributed by atoms with Crippen molar-refractivity contribution >= 4 is 5.96 Å². The quantitative estimate of drug-likeness (QED) is 0.571. The number of ether oxygens (including phenoxy) is 1. The summed E-state index contributed by atoms with van der Waals surface area (Å²) in [5, 5.41) is 16.9. The topological polar surface area (TPSA) is 65.9 Å². The summed E-state index contributed by atoms with van der Waals surface area (Å²) in [6, 6.07) is 11.8. The molecule has 3 N–H and O–H groups in total. The molecule has 2 aromatic rings. The van der Waals surface area contributed by atoms with Gasteiger partial charge in [0.25, 0.3) is 0 Å². The summed E-state index contributed by atoms with van der Waals surface area (Å²) in [6.07, 6.45) is 4.56. The van der Waals surface area contributed by atoms with E-state index >= 15 is 0 Å². The number of aryl methyl sites for hydroxylation is 1. The van der Waals surface area contributed by atoms with Crippen LogP contribution in [0.4, 0.5) is 0 Å². The summed E-state index contributed by atoms with van der Waals surface area (Å²) >= 11 is 0. The fraction of sp³-hybridized carbons (Fsp3) is 0.381. The van der Waals surface area contributed by atoms with Gasteiger partial charge in [-0.2, -0.15) is 0 Å². The summed E-state index contributed by atoms with van der Waals surface area (Å²) in [4.78, 5) is 4.28. The van der Waals surface area contributed by atoms with Gasteiger partial charge in [-0.3, -0.25) is 4.99 Å². The van der Waals surface area contributed by atoms with Gasteiger partial charge >= 0.3 is 0 Å². The van der Waals surface area contributed by atoms with E-state index in [2.05, 4.69) is 21.7 Å². The number of benzene rings is 2. The first-order valence-electron chi connectivity index (χ1n) is 9.11. The second-order valence-electron chi connectivity index (χ2n) is 6.54. The number of phenolic OH excluding ortho intramolecular Hbond substituents is 1. The van der Waals surface area contributed by atoms with Gasteiger partial charge in [-0.05, 0) is 60.6 Å². The van der Waals surface area contributed by atoms with Gasteiger partial charge in [0.05, 0.1) is 7.11 Å². The first-order chi connectivity index (χ1) is 12.7. The molecule has 0 saturated heterocycles. The normalized spacial score (nSPS) is 13.8. The van der Waals surface area contributed by atoms with E-state index < -0.39 is 0 Å². The molecule has 1 aliphatic rings. The van der Waals surface area contributed by atoms with Gasteiger partial charge < -0.3 is 20.5 Å². The largest absolute Gasteiger partial charge is 0.508 e. The summed E-state index contributed by atoms with van der Waals surface area (Å²) in [7, 11) is 3.42. The predicted molar refractivity (Wildman–Crippen MR) is 105 cm³/mol. The van der Waals surface area contributed by atoms with Gasteiger partial charge in [0.2, 0.25) is 0 Å². The number of nitrogens with zero attached hydrogens (tertiary/aromatic N) is 1. The summed E-state index contributed by atoms with van der Waals surface area (Å²) in [6.45, 7) is 1.24. The number of phenols is 1. The number of rotatable bonds is 5. The Hall–Kier alpha value is -2.69. The van der Waals surface area contributed by atoms with E-state index in [0.717, 1.165) is 29.7 Å². The fourth-order valence-electron chi connectivity index (χ4n) is 3.41. The summed E-state index contributed by atoms with van der Waals surface area (Å²) in [5.41, 5.74) is 4.81. The van der Waals surface area contributed by atoms with Crippen molar-refractivity contribution in [3.05, 3.63) is 58.7 Å². The molecule has 0 fully saturated rings. The minimum absolute atomic E-state index is 0.365. The molecule has 0 saturated carbocycles. The molecule has 0 unspecified atom stereocenters.